The van der Waals surface area contributed by atoms with Gasteiger partial charge in [0.25, 0.3) is 0 Å². The van der Waals surface area contributed by atoms with Gasteiger partial charge in [-0.3, -0.25) is 0 Å². The van der Waals surface area contributed by atoms with Gasteiger partial charge in [0, 0.05) is 43.4 Å². The van der Waals surface area contributed by atoms with Gasteiger partial charge in [-0.2, -0.15) is 0 Å². The molecule has 11 rings (SSSR count). The van der Waals surface area contributed by atoms with Crippen molar-refractivity contribution in [3.63, 3.8) is 0 Å². The van der Waals surface area contributed by atoms with Crippen LogP contribution >= 0.6 is 0 Å². The number of rotatable bonds is 3. The van der Waals surface area contributed by atoms with E-state index in [-0.39, 0.29) is 0 Å². The van der Waals surface area contributed by atoms with Gasteiger partial charge in [0.15, 0.2) is 0 Å². The summed E-state index contributed by atoms with van der Waals surface area (Å²) >= 11 is 0. The lowest BCUT2D eigenvalue weighted by atomic mass is 9.89. The van der Waals surface area contributed by atoms with Crippen molar-refractivity contribution in [1.29, 1.82) is 0 Å². The van der Waals surface area contributed by atoms with Gasteiger partial charge in [-0.05, 0) is 144 Å². The van der Waals surface area contributed by atoms with Gasteiger partial charge >= 0.3 is 0 Å². The molecule has 3 aromatic heterocycles. The molecule has 3 heterocycles. The molecule has 2 heteroatoms. The normalized spacial score (nSPS) is 12.3. The van der Waals surface area contributed by atoms with Crippen LogP contribution in [0.1, 0.15) is 33.4 Å². The molecule has 0 aliphatic rings. The Morgan fingerprint density at radius 2 is 0.852 bits per heavy atom. The number of hydrogen-bond donors (Lipinski definition) is 0. The SMILES string of the molecule is Cc1cccc(C)c1-c1ccc2c(-c3c(C)c4c5cc6ccccc6cc5n5c6cc7ccccc7cc6c(c3C)c45)oc(-c3c(C)cccc3C)c2c1. The largest absolute Gasteiger partial charge is 0.455 e. The third kappa shape index (κ3) is 4.11. The second-order valence-corrected chi connectivity index (χ2v) is 15.5. The van der Waals surface area contributed by atoms with E-state index in [2.05, 4.69) is 173 Å². The summed E-state index contributed by atoms with van der Waals surface area (Å²) in [5, 5.41) is 12.5. The predicted molar refractivity (Wildman–Crippen MR) is 231 cm³/mol. The minimum atomic E-state index is 0.943. The molecule has 0 radical (unpaired) electrons. The van der Waals surface area contributed by atoms with E-state index in [9.17, 15) is 0 Å². The number of aryl methyl sites for hydroxylation is 6. The highest BCUT2D eigenvalue weighted by atomic mass is 16.3. The Kier molecular flexibility index (Phi) is 6.39. The topological polar surface area (TPSA) is 17.6 Å². The van der Waals surface area contributed by atoms with E-state index in [0.29, 0.717) is 0 Å². The molecule has 11 aromatic rings. The van der Waals surface area contributed by atoms with Crippen molar-refractivity contribution in [1.82, 2.24) is 4.40 Å². The van der Waals surface area contributed by atoms with Gasteiger partial charge in [0.05, 0.1) is 16.6 Å². The van der Waals surface area contributed by atoms with Gasteiger partial charge < -0.3 is 8.82 Å². The molecule has 0 aliphatic carbocycles. The second kappa shape index (κ2) is 11.1. The van der Waals surface area contributed by atoms with Crippen LogP contribution in [0.2, 0.25) is 0 Å². The maximum atomic E-state index is 7.39. The summed E-state index contributed by atoms with van der Waals surface area (Å²) in [6.07, 6.45) is 0. The molecule has 0 saturated carbocycles. The molecule has 0 atom stereocenters. The van der Waals surface area contributed by atoms with Crippen LogP contribution in [0.25, 0.3) is 104 Å². The lowest BCUT2D eigenvalue weighted by molar-refractivity contribution is 0.600. The first kappa shape index (κ1) is 31.2. The van der Waals surface area contributed by atoms with Crippen molar-refractivity contribution < 1.29 is 4.42 Å². The molecule has 0 unspecified atom stereocenters. The molecular weight excluding hydrogens is 655 g/mol. The van der Waals surface area contributed by atoms with E-state index < -0.39 is 0 Å². The summed E-state index contributed by atoms with van der Waals surface area (Å²) < 4.78 is 9.93. The molecule has 0 bridgehead atoms. The Morgan fingerprint density at radius 3 is 1.37 bits per heavy atom. The van der Waals surface area contributed by atoms with Crippen LogP contribution < -0.4 is 0 Å². The first-order chi connectivity index (χ1) is 26.3. The fourth-order valence-electron chi connectivity index (χ4n) is 9.94. The predicted octanol–water partition coefficient (Wildman–Crippen LogP) is 14.7. The van der Waals surface area contributed by atoms with Crippen LogP contribution in [0.5, 0.6) is 0 Å². The Hall–Kier alpha value is -6.38. The first-order valence-corrected chi connectivity index (χ1v) is 19.0. The fourth-order valence-corrected chi connectivity index (χ4v) is 9.94. The minimum absolute atomic E-state index is 0.943. The van der Waals surface area contributed by atoms with E-state index in [1.807, 2.05) is 0 Å². The van der Waals surface area contributed by atoms with E-state index in [1.54, 1.807) is 0 Å². The molecule has 0 amide bonds. The third-order valence-corrected chi connectivity index (χ3v) is 12.4. The van der Waals surface area contributed by atoms with Gasteiger partial charge in [-0.1, -0.05) is 91.0 Å². The van der Waals surface area contributed by atoms with Crippen molar-refractivity contribution in [2.45, 2.75) is 41.5 Å². The second-order valence-electron chi connectivity index (χ2n) is 15.5. The van der Waals surface area contributed by atoms with E-state index in [1.165, 1.54) is 115 Å². The Labute approximate surface area is 314 Å². The summed E-state index contributed by atoms with van der Waals surface area (Å²) in [6, 6.07) is 47.2. The molecule has 0 aliphatic heterocycles. The number of furan rings is 1. The first-order valence-electron chi connectivity index (χ1n) is 19.0. The average molecular weight is 694 g/mol. The summed E-state index contributed by atoms with van der Waals surface area (Å²) in [6.45, 7) is 13.5. The van der Waals surface area contributed by atoms with E-state index in [4.69, 9.17) is 4.42 Å². The average Bonchev–Trinajstić information content (AvgIpc) is 3.80. The zero-order valence-corrected chi connectivity index (χ0v) is 31.5. The maximum Gasteiger partial charge on any atom is 0.143 e. The van der Waals surface area contributed by atoms with Crippen molar-refractivity contribution >= 4 is 70.4 Å². The molecule has 8 aromatic carbocycles. The molecule has 0 fully saturated rings. The highest BCUT2D eigenvalue weighted by Crippen LogP contribution is 2.51. The Bertz CT molecular complexity index is 3220. The zero-order valence-electron chi connectivity index (χ0n) is 31.5. The molecular formula is C52H39NO. The molecule has 54 heavy (non-hydrogen) atoms. The van der Waals surface area contributed by atoms with Crippen LogP contribution in [-0.2, 0) is 0 Å². The maximum absolute atomic E-state index is 7.39. The highest BCUT2D eigenvalue weighted by Gasteiger charge is 2.28. The fraction of sp³-hybridized carbons (Fsp3) is 0.115. The van der Waals surface area contributed by atoms with Crippen molar-refractivity contribution in [3.8, 4) is 33.8 Å². The number of fused-ring (bicyclic) bond motifs is 9. The number of hydrogen-bond acceptors (Lipinski definition) is 1. The van der Waals surface area contributed by atoms with Gasteiger partial charge in [-0.25, -0.2) is 0 Å². The van der Waals surface area contributed by atoms with Crippen LogP contribution in [0.3, 0.4) is 0 Å². The zero-order chi connectivity index (χ0) is 36.6. The standard InChI is InChI=1S/C52H39NO/c1-28-13-11-14-29(2)45(28)38-21-22-39-40(25-38)52(46-30(3)15-12-16-31(46)4)54-51(39)47-32(5)48-41-23-34-17-7-9-19-36(34)26-43(41)53-44-27-37-20-10-8-18-35(37)24-42(44)49(33(47)6)50(48)53/h7-27H,1-6H3. The third-order valence-electron chi connectivity index (χ3n) is 12.4. The van der Waals surface area contributed by atoms with Gasteiger partial charge in [-0.15, -0.1) is 0 Å². The Morgan fingerprint density at radius 1 is 0.389 bits per heavy atom. The van der Waals surface area contributed by atoms with Gasteiger partial charge in [0.2, 0.25) is 0 Å². The van der Waals surface area contributed by atoms with Crippen LogP contribution in [-0.4, -0.2) is 4.40 Å². The molecule has 258 valence electrons. The summed E-state index contributed by atoms with van der Waals surface area (Å²) in [7, 11) is 0. The summed E-state index contributed by atoms with van der Waals surface area (Å²) in [5.41, 5.74) is 16.2. The quantitative estimate of drug-likeness (QED) is 0.180. The van der Waals surface area contributed by atoms with Crippen LogP contribution in [0, 0.1) is 41.5 Å². The minimum Gasteiger partial charge on any atom is -0.455 e. The smallest absolute Gasteiger partial charge is 0.143 e. The molecule has 0 spiro atoms. The van der Waals surface area contributed by atoms with Crippen molar-refractivity contribution in [2.24, 2.45) is 0 Å². The lowest BCUT2D eigenvalue weighted by Crippen LogP contribution is -1.91. The van der Waals surface area contributed by atoms with Crippen LogP contribution in [0.15, 0.2) is 132 Å². The van der Waals surface area contributed by atoms with Crippen molar-refractivity contribution in [2.75, 3.05) is 0 Å². The highest BCUT2D eigenvalue weighted by molar-refractivity contribution is 6.29. The van der Waals surface area contributed by atoms with E-state index in [0.717, 1.165) is 22.3 Å². The Balaban J connectivity index is 1.32. The van der Waals surface area contributed by atoms with Gasteiger partial charge in [0.1, 0.15) is 11.5 Å². The number of benzene rings is 8. The van der Waals surface area contributed by atoms with Crippen LogP contribution in [0.4, 0.5) is 0 Å². The molecule has 2 nitrogen and oxygen atoms in total. The van der Waals surface area contributed by atoms with Crippen molar-refractivity contribution in [3.05, 3.63) is 161 Å². The number of aromatic nitrogens is 1. The number of nitrogens with zero attached hydrogens (tertiary/aromatic N) is 1. The summed E-state index contributed by atoms with van der Waals surface area (Å²) in [4.78, 5) is 0. The molecule has 0 saturated heterocycles. The molecule has 0 N–H and O–H groups in total. The summed E-state index contributed by atoms with van der Waals surface area (Å²) in [5.74, 6) is 1.89. The van der Waals surface area contributed by atoms with E-state index >= 15 is 0 Å². The monoisotopic (exact) mass is 693 g/mol. The lowest BCUT2D eigenvalue weighted by Gasteiger charge is -2.13.